The van der Waals surface area contributed by atoms with Crippen LogP contribution in [-0.4, -0.2) is 58.0 Å². The SMILES string of the molecule is O=C(CCC1CCCC1)N1CCN(C(=O)c2ccc(=O)[nH]n2)CC1. The molecule has 0 radical (unpaired) electrons. The second kappa shape index (κ2) is 7.59. The van der Waals surface area contributed by atoms with E-state index < -0.39 is 0 Å². The van der Waals surface area contributed by atoms with Crippen molar-refractivity contribution in [3.63, 3.8) is 0 Å². The lowest BCUT2D eigenvalue weighted by Gasteiger charge is -2.34. The molecule has 0 bridgehead atoms. The summed E-state index contributed by atoms with van der Waals surface area (Å²) in [7, 11) is 0. The maximum Gasteiger partial charge on any atom is 0.274 e. The van der Waals surface area contributed by atoms with Gasteiger partial charge in [-0.15, -0.1) is 0 Å². The van der Waals surface area contributed by atoms with Crippen LogP contribution in [0.5, 0.6) is 0 Å². The Labute approximate surface area is 141 Å². The second-order valence-electron chi connectivity index (χ2n) is 6.67. The highest BCUT2D eigenvalue weighted by Crippen LogP contribution is 2.28. The molecule has 3 rings (SSSR count). The van der Waals surface area contributed by atoms with Crippen molar-refractivity contribution in [2.75, 3.05) is 26.2 Å². The molecule has 1 aliphatic heterocycles. The topological polar surface area (TPSA) is 86.4 Å². The third-order valence-corrected chi connectivity index (χ3v) is 5.06. The highest BCUT2D eigenvalue weighted by atomic mass is 16.2. The summed E-state index contributed by atoms with van der Waals surface area (Å²) in [5.41, 5.74) is -0.0974. The Morgan fingerprint density at radius 2 is 1.75 bits per heavy atom. The third kappa shape index (κ3) is 4.01. The van der Waals surface area contributed by atoms with Crippen LogP contribution in [-0.2, 0) is 4.79 Å². The number of hydrogen-bond donors (Lipinski definition) is 1. The van der Waals surface area contributed by atoms with Gasteiger partial charge in [0.05, 0.1) is 0 Å². The average molecular weight is 332 g/mol. The molecule has 7 nitrogen and oxygen atoms in total. The Morgan fingerprint density at radius 3 is 2.38 bits per heavy atom. The first-order chi connectivity index (χ1) is 11.6. The number of carbonyl (C=O) groups excluding carboxylic acids is 2. The summed E-state index contributed by atoms with van der Waals surface area (Å²) in [4.78, 5) is 39.2. The van der Waals surface area contributed by atoms with Gasteiger partial charge in [-0.25, -0.2) is 5.10 Å². The Hall–Kier alpha value is -2.18. The van der Waals surface area contributed by atoms with Crippen LogP contribution in [0.2, 0.25) is 0 Å². The lowest BCUT2D eigenvalue weighted by Crippen LogP contribution is -2.50. The van der Waals surface area contributed by atoms with Crippen molar-refractivity contribution in [1.82, 2.24) is 20.0 Å². The van der Waals surface area contributed by atoms with Gasteiger partial charge in [-0.05, 0) is 18.4 Å². The van der Waals surface area contributed by atoms with Gasteiger partial charge < -0.3 is 9.80 Å². The molecule has 0 unspecified atom stereocenters. The van der Waals surface area contributed by atoms with E-state index in [1.165, 1.54) is 37.8 Å². The maximum absolute atomic E-state index is 12.3. The summed E-state index contributed by atoms with van der Waals surface area (Å²) in [6, 6.07) is 2.73. The number of carbonyl (C=O) groups is 2. The molecule has 24 heavy (non-hydrogen) atoms. The van der Waals surface area contributed by atoms with Gasteiger partial charge in [0.1, 0.15) is 5.69 Å². The number of rotatable bonds is 4. The summed E-state index contributed by atoms with van der Waals surface area (Å²) in [5.74, 6) is 0.726. The fourth-order valence-electron chi connectivity index (χ4n) is 3.57. The minimum Gasteiger partial charge on any atom is -0.339 e. The van der Waals surface area contributed by atoms with Gasteiger partial charge >= 0.3 is 0 Å². The van der Waals surface area contributed by atoms with Crippen LogP contribution in [0.1, 0.15) is 49.0 Å². The molecule has 0 spiro atoms. The number of nitrogens with one attached hydrogen (secondary N) is 1. The van der Waals surface area contributed by atoms with E-state index in [-0.39, 0.29) is 23.1 Å². The van der Waals surface area contributed by atoms with Gasteiger partial charge in [0.2, 0.25) is 5.91 Å². The van der Waals surface area contributed by atoms with Crippen LogP contribution in [0, 0.1) is 5.92 Å². The molecule has 2 aliphatic rings. The van der Waals surface area contributed by atoms with Gasteiger partial charge in [0.15, 0.2) is 0 Å². The van der Waals surface area contributed by atoms with Gasteiger partial charge in [0, 0.05) is 38.7 Å². The second-order valence-corrected chi connectivity index (χ2v) is 6.67. The van der Waals surface area contributed by atoms with Crippen molar-refractivity contribution < 1.29 is 9.59 Å². The summed E-state index contributed by atoms with van der Waals surface area (Å²) < 4.78 is 0. The summed E-state index contributed by atoms with van der Waals surface area (Å²) in [6.45, 7) is 2.15. The largest absolute Gasteiger partial charge is 0.339 e. The molecular formula is C17H24N4O3. The van der Waals surface area contributed by atoms with Crippen molar-refractivity contribution in [3.05, 3.63) is 28.2 Å². The van der Waals surface area contributed by atoms with Crippen molar-refractivity contribution >= 4 is 11.8 Å². The number of aromatic amines is 1. The van der Waals surface area contributed by atoms with Crippen molar-refractivity contribution in [1.29, 1.82) is 0 Å². The van der Waals surface area contributed by atoms with Gasteiger partial charge in [0.25, 0.3) is 11.5 Å². The predicted molar refractivity (Wildman–Crippen MR) is 88.5 cm³/mol. The van der Waals surface area contributed by atoms with E-state index >= 15 is 0 Å². The molecule has 1 saturated heterocycles. The Morgan fingerprint density at radius 1 is 1.08 bits per heavy atom. The highest BCUT2D eigenvalue weighted by Gasteiger charge is 2.26. The molecular weight excluding hydrogens is 308 g/mol. The van der Waals surface area contributed by atoms with Gasteiger partial charge in [-0.1, -0.05) is 25.7 Å². The van der Waals surface area contributed by atoms with Gasteiger partial charge in [-0.2, -0.15) is 5.10 Å². The zero-order valence-corrected chi connectivity index (χ0v) is 13.9. The average Bonchev–Trinajstić information content (AvgIpc) is 3.13. The fourth-order valence-corrected chi connectivity index (χ4v) is 3.57. The minimum absolute atomic E-state index is 0.204. The third-order valence-electron chi connectivity index (χ3n) is 5.06. The first kappa shape index (κ1) is 16.7. The quantitative estimate of drug-likeness (QED) is 0.892. The van der Waals surface area contributed by atoms with Crippen LogP contribution >= 0.6 is 0 Å². The standard InChI is InChI=1S/C17H24N4O3/c22-15-7-6-14(18-19-15)17(24)21-11-9-20(10-12-21)16(23)8-5-13-3-1-2-4-13/h6-7,13H,1-5,8-12H2,(H,19,22). The molecule has 1 saturated carbocycles. The molecule has 7 heteroatoms. The number of nitrogens with zero attached hydrogens (tertiary/aromatic N) is 3. The zero-order valence-electron chi connectivity index (χ0n) is 13.9. The maximum atomic E-state index is 12.3. The zero-order chi connectivity index (χ0) is 16.9. The number of piperazine rings is 1. The fraction of sp³-hybridized carbons (Fsp3) is 0.647. The number of aromatic nitrogens is 2. The van der Waals surface area contributed by atoms with E-state index in [1.54, 1.807) is 4.90 Å². The molecule has 2 heterocycles. The highest BCUT2D eigenvalue weighted by molar-refractivity contribution is 5.92. The van der Waals surface area contributed by atoms with E-state index in [4.69, 9.17) is 0 Å². The van der Waals surface area contributed by atoms with E-state index in [0.29, 0.717) is 32.6 Å². The Kier molecular flexibility index (Phi) is 5.27. The van der Waals surface area contributed by atoms with Crippen LogP contribution in [0.3, 0.4) is 0 Å². The van der Waals surface area contributed by atoms with Crippen molar-refractivity contribution in [3.8, 4) is 0 Å². The number of H-pyrrole nitrogens is 1. The van der Waals surface area contributed by atoms with E-state index in [9.17, 15) is 14.4 Å². The van der Waals surface area contributed by atoms with E-state index in [2.05, 4.69) is 10.2 Å². The first-order valence-electron chi connectivity index (χ1n) is 8.76. The van der Waals surface area contributed by atoms with Crippen LogP contribution in [0.25, 0.3) is 0 Å². The first-order valence-corrected chi connectivity index (χ1v) is 8.76. The molecule has 1 N–H and O–H groups in total. The normalized spacial score (nSPS) is 18.8. The monoisotopic (exact) mass is 332 g/mol. The molecule has 1 aromatic heterocycles. The smallest absolute Gasteiger partial charge is 0.274 e. The Bertz CT molecular complexity index is 623. The van der Waals surface area contributed by atoms with Crippen LogP contribution < -0.4 is 5.56 Å². The molecule has 0 aromatic carbocycles. The predicted octanol–water partition coefficient (Wildman–Crippen LogP) is 1.02. The van der Waals surface area contributed by atoms with Gasteiger partial charge in [-0.3, -0.25) is 14.4 Å². The molecule has 2 fully saturated rings. The molecule has 0 atom stereocenters. The van der Waals surface area contributed by atoms with Crippen molar-refractivity contribution in [2.45, 2.75) is 38.5 Å². The lowest BCUT2D eigenvalue weighted by molar-refractivity contribution is -0.133. The van der Waals surface area contributed by atoms with E-state index in [1.807, 2.05) is 4.90 Å². The number of amides is 2. The van der Waals surface area contributed by atoms with Crippen LogP contribution in [0.4, 0.5) is 0 Å². The summed E-state index contributed by atoms with van der Waals surface area (Å²) >= 11 is 0. The molecule has 130 valence electrons. The minimum atomic E-state index is -0.329. The Balaban J connectivity index is 1.46. The molecule has 2 amide bonds. The molecule has 1 aromatic rings. The van der Waals surface area contributed by atoms with E-state index in [0.717, 1.165) is 12.3 Å². The number of hydrogen-bond acceptors (Lipinski definition) is 4. The lowest BCUT2D eigenvalue weighted by atomic mass is 10.0. The van der Waals surface area contributed by atoms with Crippen LogP contribution in [0.15, 0.2) is 16.9 Å². The molecule has 1 aliphatic carbocycles. The summed E-state index contributed by atoms with van der Waals surface area (Å²) in [5, 5.41) is 6.04. The summed E-state index contributed by atoms with van der Waals surface area (Å²) in [6.07, 6.45) is 6.76. The van der Waals surface area contributed by atoms with Crippen molar-refractivity contribution in [2.24, 2.45) is 5.92 Å².